The molecular weight excluding hydrogens is 250 g/mol. The molecule has 106 valence electrons. The predicted molar refractivity (Wildman–Crippen MR) is 82.1 cm³/mol. The summed E-state index contributed by atoms with van der Waals surface area (Å²) in [6.07, 6.45) is 0. The average molecular weight is 271 g/mol. The second-order valence-corrected chi connectivity index (χ2v) is 4.91. The number of aliphatic hydroxyl groups is 1. The summed E-state index contributed by atoms with van der Waals surface area (Å²) in [7, 11) is 0. The van der Waals surface area contributed by atoms with E-state index in [2.05, 4.69) is 5.32 Å². The molecule has 0 heterocycles. The van der Waals surface area contributed by atoms with E-state index < -0.39 is 5.54 Å². The van der Waals surface area contributed by atoms with Gasteiger partial charge in [0.25, 0.3) is 0 Å². The fraction of sp³-hybridized carbons (Fsp3) is 0.294. The number of ether oxygens (including phenoxy) is 1. The smallest absolute Gasteiger partial charge is 0.124 e. The summed E-state index contributed by atoms with van der Waals surface area (Å²) >= 11 is 0. The van der Waals surface area contributed by atoms with Gasteiger partial charge in [-0.25, -0.2) is 0 Å². The van der Waals surface area contributed by atoms with Crippen molar-refractivity contribution >= 4 is 5.69 Å². The zero-order valence-corrected chi connectivity index (χ0v) is 12.0. The lowest BCUT2D eigenvalue weighted by Crippen LogP contribution is -2.36. The molecule has 3 nitrogen and oxygen atoms in total. The Morgan fingerprint density at radius 1 is 1.05 bits per heavy atom. The molecule has 0 amide bonds. The van der Waals surface area contributed by atoms with Gasteiger partial charge in [0.2, 0.25) is 0 Å². The summed E-state index contributed by atoms with van der Waals surface area (Å²) in [5, 5.41) is 13.3. The van der Waals surface area contributed by atoms with Gasteiger partial charge >= 0.3 is 0 Å². The summed E-state index contributed by atoms with van der Waals surface area (Å²) in [6, 6.07) is 17.7. The molecule has 2 aromatic carbocycles. The van der Waals surface area contributed by atoms with Crippen molar-refractivity contribution in [3.05, 3.63) is 60.2 Å². The summed E-state index contributed by atoms with van der Waals surface area (Å²) in [6.45, 7) is 4.51. The van der Waals surface area contributed by atoms with Gasteiger partial charge in [0.1, 0.15) is 5.75 Å². The van der Waals surface area contributed by atoms with Crippen LogP contribution in [0.1, 0.15) is 19.4 Å². The molecule has 0 aliphatic rings. The third-order valence-corrected chi connectivity index (χ3v) is 3.29. The number of nitrogens with one attached hydrogen (secondary N) is 1. The molecule has 3 heteroatoms. The largest absolute Gasteiger partial charge is 0.494 e. The molecule has 2 aromatic rings. The van der Waals surface area contributed by atoms with Crippen molar-refractivity contribution in [3.63, 3.8) is 0 Å². The lowest BCUT2D eigenvalue weighted by atomic mass is 9.91. The lowest BCUT2D eigenvalue weighted by molar-refractivity contribution is 0.218. The van der Waals surface area contributed by atoms with Crippen molar-refractivity contribution in [2.75, 3.05) is 18.5 Å². The minimum absolute atomic E-state index is 0.0218. The lowest BCUT2D eigenvalue weighted by Gasteiger charge is -2.32. The minimum atomic E-state index is -0.590. The Morgan fingerprint density at radius 3 is 2.35 bits per heavy atom. The third-order valence-electron chi connectivity index (χ3n) is 3.29. The van der Waals surface area contributed by atoms with E-state index in [1.54, 1.807) is 0 Å². The number of anilines is 1. The fourth-order valence-corrected chi connectivity index (χ4v) is 2.24. The second-order valence-electron chi connectivity index (χ2n) is 4.91. The molecule has 1 atom stereocenters. The molecule has 0 fully saturated rings. The molecule has 0 aliphatic carbocycles. The summed E-state index contributed by atoms with van der Waals surface area (Å²) in [5.74, 6) is 0.801. The van der Waals surface area contributed by atoms with Gasteiger partial charge in [-0.15, -0.1) is 0 Å². The molecule has 0 aliphatic heterocycles. The molecule has 2 rings (SSSR count). The van der Waals surface area contributed by atoms with Gasteiger partial charge in [-0.1, -0.05) is 36.4 Å². The van der Waals surface area contributed by atoms with E-state index in [9.17, 15) is 5.11 Å². The highest BCUT2D eigenvalue weighted by molar-refractivity contribution is 5.50. The molecule has 0 radical (unpaired) electrons. The number of para-hydroxylation sites is 2. The third kappa shape index (κ3) is 3.11. The highest BCUT2D eigenvalue weighted by atomic mass is 16.5. The Bertz CT molecular complexity index is 542. The van der Waals surface area contributed by atoms with Crippen molar-refractivity contribution < 1.29 is 9.84 Å². The van der Waals surface area contributed by atoms with E-state index in [1.807, 2.05) is 68.4 Å². The Hall–Kier alpha value is -2.00. The monoisotopic (exact) mass is 271 g/mol. The van der Waals surface area contributed by atoms with Gasteiger partial charge in [0.15, 0.2) is 0 Å². The summed E-state index contributed by atoms with van der Waals surface area (Å²) in [4.78, 5) is 0. The molecule has 0 bridgehead atoms. The first-order chi connectivity index (χ1) is 9.69. The van der Waals surface area contributed by atoms with Crippen molar-refractivity contribution in [3.8, 4) is 5.75 Å². The van der Waals surface area contributed by atoms with Crippen LogP contribution in [0.15, 0.2) is 54.6 Å². The molecule has 1 unspecified atom stereocenters. The normalized spacial score (nSPS) is 13.6. The molecule has 0 saturated heterocycles. The maximum Gasteiger partial charge on any atom is 0.124 e. The highest BCUT2D eigenvalue weighted by Crippen LogP contribution is 2.32. The van der Waals surface area contributed by atoms with Crippen molar-refractivity contribution in [1.29, 1.82) is 0 Å². The number of rotatable bonds is 6. The minimum Gasteiger partial charge on any atom is -0.494 e. The van der Waals surface area contributed by atoms with Gasteiger partial charge in [0, 0.05) is 11.3 Å². The SMILES string of the molecule is CCOc1ccccc1C(C)(CO)Nc1ccccc1. The fourth-order valence-electron chi connectivity index (χ4n) is 2.24. The number of benzene rings is 2. The number of hydrogen-bond donors (Lipinski definition) is 2. The first kappa shape index (κ1) is 14.4. The van der Waals surface area contributed by atoms with Gasteiger partial charge in [-0.2, -0.15) is 0 Å². The topological polar surface area (TPSA) is 41.5 Å². The maximum absolute atomic E-state index is 9.87. The second kappa shape index (κ2) is 6.44. The van der Waals surface area contributed by atoms with E-state index in [0.717, 1.165) is 17.0 Å². The zero-order chi connectivity index (χ0) is 14.4. The first-order valence-electron chi connectivity index (χ1n) is 6.86. The first-order valence-corrected chi connectivity index (χ1v) is 6.86. The van der Waals surface area contributed by atoms with Crippen molar-refractivity contribution in [2.24, 2.45) is 0 Å². The Labute approximate surface area is 120 Å². The van der Waals surface area contributed by atoms with Gasteiger partial charge < -0.3 is 15.2 Å². The van der Waals surface area contributed by atoms with E-state index in [0.29, 0.717) is 6.61 Å². The van der Waals surface area contributed by atoms with E-state index in [-0.39, 0.29) is 6.61 Å². The summed E-state index contributed by atoms with van der Waals surface area (Å²) < 4.78 is 5.67. The van der Waals surface area contributed by atoms with Crippen LogP contribution in [-0.2, 0) is 5.54 Å². The van der Waals surface area contributed by atoms with Crippen LogP contribution in [0.4, 0.5) is 5.69 Å². The molecule has 0 spiro atoms. The van der Waals surface area contributed by atoms with Crippen molar-refractivity contribution in [1.82, 2.24) is 0 Å². The number of aliphatic hydroxyl groups excluding tert-OH is 1. The molecule has 2 N–H and O–H groups in total. The average Bonchev–Trinajstić information content (AvgIpc) is 2.49. The van der Waals surface area contributed by atoms with Crippen molar-refractivity contribution in [2.45, 2.75) is 19.4 Å². The van der Waals surface area contributed by atoms with E-state index >= 15 is 0 Å². The van der Waals surface area contributed by atoms with Crippen LogP contribution in [0.25, 0.3) is 0 Å². The van der Waals surface area contributed by atoms with Gasteiger partial charge in [-0.3, -0.25) is 0 Å². The quantitative estimate of drug-likeness (QED) is 0.846. The van der Waals surface area contributed by atoms with Crippen LogP contribution in [-0.4, -0.2) is 18.3 Å². The van der Waals surface area contributed by atoms with Crippen LogP contribution in [0.3, 0.4) is 0 Å². The molecular formula is C17H21NO2. The Kier molecular flexibility index (Phi) is 4.64. The highest BCUT2D eigenvalue weighted by Gasteiger charge is 2.28. The molecule has 20 heavy (non-hydrogen) atoms. The predicted octanol–water partition coefficient (Wildman–Crippen LogP) is 3.40. The summed E-state index contributed by atoms with van der Waals surface area (Å²) in [5.41, 5.74) is 1.33. The Balaban J connectivity index is 2.35. The molecule has 0 saturated carbocycles. The van der Waals surface area contributed by atoms with Crippen LogP contribution in [0, 0.1) is 0 Å². The van der Waals surface area contributed by atoms with Crippen LogP contribution >= 0.6 is 0 Å². The zero-order valence-electron chi connectivity index (χ0n) is 12.0. The van der Waals surface area contributed by atoms with Gasteiger partial charge in [-0.05, 0) is 32.0 Å². The Morgan fingerprint density at radius 2 is 1.70 bits per heavy atom. The van der Waals surface area contributed by atoms with E-state index in [1.165, 1.54) is 0 Å². The van der Waals surface area contributed by atoms with Crippen LogP contribution < -0.4 is 10.1 Å². The van der Waals surface area contributed by atoms with Crippen LogP contribution in [0.2, 0.25) is 0 Å². The van der Waals surface area contributed by atoms with Gasteiger partial charge in [0.05, 0.1) is 18.8 Å². The standard InChI is InChI=1S/C17H21NO2/c1-3-20-16-12-8-7-11-15(16)17(2,13-19)18-14-9-5-4-6-10-14/h4-12,18-19H,3,13H2,1-2H3. The number of hydrogen-bond acceptors (Lipinski definition) is 3. The maximum atomic E-state index is 9.87. The molecule has 0 aromatic heterocycles. The van der Waals surface area contributed by atoms with Crippen LogP contribution in [0.5, 0.6) is 5.75 Å². The van der Waals surface area contributed by atoms with E-state index in [4.69, 9.17) is 4.74 Å².